The van der Waals surface area contributed by atoms with E-state index in [9.17, 15) is 9.18 Å². The fourth-order valence-electron chi connectivity index (χ4n) is 1.43. The number of carboxylic acid groups (broad SMARTS) is 1. The van der Waals surface area contributed by atoms with Crippen LogP contribution in [0.2, 0.25) is 0 Å². The van der Waals surface area contributed by atoms with E-state index >= 15 is 0 Å². The molecule has 0 aliphatic heterocycles. The molecule has 1 aromatic heterocycles. The van der Waals surface area contributed by atoms with Gasteiger partial charge in [-0.2, -0.15) is 5.10 Å². The first-order chi connectivity index (χ1) is 8.66. The Morgan fingerprint density at radius 3 is 2.94 bits per heavy atom. The molecule has 1 N–H and O–H groups in total. The third-order valence-electron chi connectivity index (χ3n) is 2.32. The molecule has 0 fully saturated rings. The molecular weight excluding hydrogens is 239 g/mol. The molecule has 0 aliphatic carbocycles. The van der Waals surface area contributed by atoms with Crippen LogP contribution in [0.5, 0.6) is 5.75 Å². The van der Waals surface area contributed by atoms with E-state index in [0.29, 0.717) is 6.54 Å². The quantitative estimate of drug-likeness (QED) is 0.878. The second-order valence-electron chi connectivity index (χ2n) is 3.57. The lowest BCUT2D eigenvalue weighted by Crippen LogP contribution is -2.09. The Balaban J connectivity index is 1.95. The molecule has 2 aromatic rings. The van der Waals surface area contributed by atoms with E-state index in [1.807, 2.05) is 0 Å². The zero-order chi connectivity index (χ0) is 13.0. The van der Waals surface area contributed by atoms with E-state index in [1.165, 1.54) is 12.1 Å². The third kappa shape index (κ3) is 2.85. The second-order valence-corrected chi connectivity index (χ2v) is 3.57. The summed E-state index contributed by atoms with van der Waals surface area (Å²) in [5.41, 5.74) is -0.105. The molecule has 0 radical (unpaired) electrons. The normalized spacial score (nSPS) is 10.3. The zero-order valence-corrected chi connectivity index (χ0v) is 9.41. The molecule has 0 saturated heterocycles. The minimum Gasteiger partial charge on any atom is -0.489 e. The topological polar surface area (TPSA) is 64.3 Å². The van der Waals surface area contributed by atoms with E-state index in [1.54, 1.807) is 23.1 Å². The Hall–Kier alpha value is -2.37. The Labute approximate surface area is 102 Å². The lowest BCUT2D eigenvalue weighted by molar-refractivity contribution is 0.0696. The summed E-state index contributed by atoms with van der Waals surface area (Å²) in [5.74, 6) is -1.82. The molecule has 0 unspecified atom stereocenters. The number of benzene rings is 1. The number of hydrogen-bond acceptors (Lipinski definition) is 3. The predicted octanol–water partition coefficient (Wildman–Crippen LogP) is 1.80. The minimum atomic E-state index is -1.17. The monoisotopic (exact) mass is 250 g/mol. The summed E-state index contributed by atoms with van der Waals surface area (Å²) in [6, 6.07) is 5.32. The van der Waals surface area contributed by atoms with E-state index in [0.717, 1.165) is 6.07 Å². The van der Waals surface area contributed by atoms with Crippen LogP contribution in [0.4, 0.5) is 4.39 Å². The maximum atomic E-state index is 13.5. The van der Waals surface area contributed by atoms with Gasteiger partial charge in [-0.25, -0.2) is 9.18 Å². The number of halogens is 1. The van der Waals surface area contributed by atoms with Crippen molar-refractivity contribution in [1.29, 1.82) is 0 Å². The lowest BCUT2D eigenvalue weighted by Gasteiger charge is -2.07. The highest BCUT2D eigenvalue weighted by Crippen LogP contribution is 2.18. The van der Waals surface area contributed by atoms with Crippen LogP contribution in [-0.2, 0) is 6.54 Å². The molecule has 0 spiro atoms. The highest BCUT2D eigenvalue weighted by Gasteiger charge is 2.08. The maximum Gasteiger partial charge on any atom is 0.335 e. The Morgan fingerprint density at radius 1 is 1.50 bits per heavy atom. The minimum absolute atomic E-state index is 0.0344. The van der Waals surface area contributed by atoms with Gasteiger partial charge in [0.2, 0.25) is 0 Å². The molecule has 0 bridgehead atoms. The summed E-state index contributed by atoms with van der Waals surface area (Å²) < 4.78 is 20.3. The average Bonchev–Trinajstić information content (AvgIpc) is 2.84. The van der Waals surface area contributed by atoms with Gasteiger partial charge in [0.05, 0.1) is 12.1 Å². The second kappa shape index (κ2) is 5.31. The van der Waals surface area contributed by atoms with Crippen molar-refractivity contribution in [3.8, 4) is 5.75 Å². The molecule has 1 heterocycles. The van der Waals surface area contributed by atoms with Gasteiger partial charge < -0.3 is 9.84 Å². The standard InChI is InChI=1S/C12H11FN2O3/c13-10-8-9(12(16)17)2-3-11(10)18-7-6-15-5-1-4-14-15/h1-5,8H,6-7H2,(H,16,17). The van der Waals surface area contributed by atoms with Gasteiger partial charge in [0.15, 0.2) is 11.6 Å². The van der Waals surface area contributed by atoms with Gasteiger partial charge in [0.25, 0.3) is 0 Å². The molecular formula is C12H11FN2O3. The molecule has 5 nitrogen and oxygen atoms in total. The van der Waals surface area contributed by atoms with Gasteiger partial charge in [-0.15, -0.1) is 0 Å². The van der Waals surface area contributed by atoms with Crippen molar-refractivity contribution >= 4 is 5.97 Å². The molecule has 18 heavy (non-hydrogen) atoms. The van der Waals surface area contributed by atoms with Crippen LogP contribution in [0.3, 0.4) is 0 Å². The number of aromatic carboxylic acids is 1. The van der Waals surface area contributed by atoms with Crippen molar-refractivity contribution in [3.63, 3.8) is 0 Å². The summed E-state index contributed by atoms with van der Waals surface area (Å²) in [4.78, 5) is 10.6. The van der Waals surface area contributed by atoms with Crippen LogP contribution >= 0.6 is 0 Å². The van der Waals surface area contributed by atoms with E-state index in [4.69, 9.17) is 9.84 Å². The van der Waals surface area contributed by atoms with Gasteiger partial charge in [-0.1, -0.05) is 0 Å². The zero-order valence-electron chi connectivity index (χ0n) is 9.41. The van der Waals surface area contributed by atoms with E-state index < -0.39 is 11.8 Å². The number of aromatic nitrogens is 2. The number of ether oxygens (including phenoxy) is 1. The predicted molar refractivity (Wildman–Crippen MR) is 61.1 cm³/mol. The largest absolute Gasteiger partial charge is 0.489 e. The van der Waals surface area contributed by atoms with Gasteiger partial charge in [-0.05, 0) is 24.3 Å². The van der Waals surface area contributed by atoms with E-state index in [-0.39, 0.29) is 17.9 Å². The van der Waals surface area contributed by atoms with Crippen LogP contribution in [0.25, 0.3) is 0 Å². The van der Waals surface area contributed by atoms with Crippen LogP contribution in [0.15, 0.2) is 36.7 Å². The summed E-state index contributed by atoms with van der Waals surface area (Å²) in [5, 5.41) is 12.7. The third-order valence-corrected chi connectivity index (χ3v) is 2.32. The fraction of sp³-hybridized carbons (Fsp3) is 0.167. The number of carboxylic acids is 1. The lowest BCUT2D eigenvalue weighted by atomic mass is 10.2. The van der Waals surface area contributed by atoms with Gasteiger partial charge >= 0.3 is 5.97 Å². The molecule has 0 saturated carbocycles. The SMILES string of the molecule is O=C(O)c1ccc(OCCn2cccn2)c(F)c1. The first-order valence-corrected chi connectivity index (χ1v) is 5.30. The first-order valence-electron chi connectivity index (χ1n) is 5.30. The summed E-state index contributed by atoms with van der Waals surface area (Å²) in [6.07, 6.45) is 3.41. The van der Waals surface area contributed by atoms with Crippen LogP contribution in [-0.4, -0.2) is 27.5 Å². The van der Waals surface area contributed by atoms with Crippen molar-refractivity contribution in [2.75, 3.05) is 6.61 Å². The number of nitrogens with zero attached hydrogens (tertiary/aromatic N) is 2. The molecule has 6 heteroatoms. The molecule has 0 aliphatic rings. The molecule has 2 rings (SSSR count). The van der Waals surface area contributed by atoms with Gasteiger partial charge in [-0.3, -0.25) is 4.68 Å². The first kappa shape index (κ1) is 12.1. The Morgan fingerprint density at radius 2 is 2.33 bits per heavy atom. The van der Waals surface area contributed by atoms with Gasteiger partial charge in [0.1, 0.15) is 6.61 Å². The van der Waals surface area contributed by atoms with Crippen LogP contribution < -0.4 is 4.74 Å². The maximum absolute atomic E-state index is 13.5. The molecule has 0 atom stereocenters. The van der Waals surface area contributed by atoms with Crippen molar-refractivity contribution in [1.82, 2.24) is 9.78 Å². The van der Waals surface area contributed by atoms with Crippen molar-refractivity contribution in [2.45, 2.75) is 6.54 Å². The number of rotatable bonds is 5. The summed E-state index contributed by atoms with van der Waals surface area (Å²) in [6.45, 7) is 0.748. The highest BCUT2D eigenvalue weighted by molar-refractivity contribution is 5.87. The van der Waals surface area contributed by atoms with E-state index in [2.05, 4.69) is 5.10 Å². The van der Waals surface area contributed by atoms with Crippen molar-refractivity contribution in [3.05, 3.63) is 48.0 Å². The van der Waals surface area contributed by atoms with Crippen LogP contribution in [0, 0.1) is 5.82 Å². The van der Waals surface area contributed by atoms with Crippen LogP contribution in [0.1, 0.15) is 10.4 Å². The number of carbonyl (C=O) groups is 1. The molecule has 0 amide bonds. The summed E-state index contributed by atoms with van der Waals surface area (Å²) >= 11 is 0. The number of hydrogen-bond donors (Lipinski definition) is 1. The average molecular weight is 250 g/mol. The fourth-order valence-corrected chi connectivity index (χ4v) is 1.43. The Bertz CT molecular complexity index is 540. The highest BCUT2D eigenvalue weighted by atomic mass is 19.1. The van der Waals surface area contributed by atoms with Gasteiger partial charge in [0, 0.05) is 12.4 Å². The summed E-state index contributed by atoms with van der Waals surface area (Å²) in [7, 11) is 0. The molecule has 94 valence electrons. The molecule has 1 aromatic carbocycles. The van der Waals surface area contributed by atoms with Crippen molar-refractivity contribution in [2.24, 2.45) is 0 Å². The smallest absolute Gasteiger partial charge is 0.335 e. The Kier molecular flexibility index (Phi) is 3.57. The van der Waals surface area contributed by atoms with Crippen molar-refractivity contribution < 1.29 is 19.0 Å².